The fourth-order valence-electron chi connectivity index (χ4n) is 2.62. The quantitative estimate of drug-likeness (QED) is 0.890. The molecule has 0 aromatic heterocycles. The van der Waals surface area contributed by atoms with Crippen molar-refractivity contribution < 1.29 is 0 Å². The van der Waals surface area contributed by atoms with Crippen LogP contribution in [0.15, 0.2) is 42.5 Å². The number of nitriles is 1. The Labute approximate surface area is 119 Å². The molecule has 0 saturated heterocycles. The fourth-order valence-corrected chi connectivity index (χ4v) is 2.62. The molecule has 3 nitrogen and oxygen atoms in total. The summed E-state index contributed by atoms with van der Waals surface area (Å²) in [6.45, 7) is 1.82. The van der Waals surface area contributed by atoms with Gasteiger partial charge in [-0.1, -0.05) is 24.3 Å². The van der Waals surface area contributed by atoms with Gasteiger partial charge in [-0.05, 0) is 42.2 Å². The SMILES string of the molecule is N#Cc1cccc(NCc2cccc3c2NCCC3)c1. The Bertz CT molecular complexity index is 656. The van der Waals surface area contributed by atoms with E-state index in [1.807, 2.05) is 24.3 Å². The van der Waals surface area contributed by atoms with E-state index < -0.39 is 0 Å². The number of hydrogen-bond donors (Lipinski definition) is 2. The van der Waals surface area contributed by atoms with E-state index in [2.05, 4.69) is 34.9 Å². The standard InChI is InChI=1S/C17H17N3/c18-11-13-4-1-8-16(10-13)20-12-15-6-2-5-14-7-3-9-19-17(14)15/h1-2,4-6,8,10,19-20H,3,7,9,12H2. The second-order valence-corrected chi connectivity index (χ2v) is 5.03. The first-order valence-corrected chi connectivity index (χ1v) is 6.95. The molecule has 3 rings (SSSR count). The minimum Gasteiger partial charge on any atom is -0.385 e. The van der Waals surface area contributed by atoms with E-state index in [4.69, 9.17) is 5.26 Å². The summed E-state index contributed by atoms with van der Waals surface area (Å²) in [5.41, 5.74) is 5.63. The Hall–Kier alpha value is -2.47. The highest BCUT2D eigenvalue weighted by molar-refractivity contribution is 5.60. The van der Waals surface area contributed by atoms with E-state index in [0.717, 1.165) is 25.2 Å². The number of anilines is 2. The lowest BCUT2D eigenvalue weighted by Crippen LogP contribution is -2.14. The first-order chi connectivity index (χ1) is 9.86. The van der Waals surface area contributed by atoms with Gasteiger partial charge in [-0.2, -0.15) is 5.26 Å². The number of fused-ring (bicyclic) bond motifs is 1. The Balaban J connectivity index is 1.77. The second-order valence-electron chi connectivity index (χ2n) is 5.03. The third-order valence-electron chi connectivity index (χ3n) is 3.64. The van der Waals surface area contributed by atoms with Crippen LogP contribution >= 0.6 is 0 Å². The van der Waals surface area contributed by atoms with Crippen LogP contribution in [-0.4, -0.2) is 6.54 Å². The summed E-state index contributed by atoms with van der Waals surface area (Å²) < 4.78 is 0. The van der Waals surface area contributed by atoms with Crippen LogP contribution in [-0.2, 0) is 13.0 Å². The van der Waals surface area contributed by atoms with Crippen molar-refractivity contribution in [1.29, 1.82) is 5.26 Å². The molecule has 1 heterocycles. The molecule has 20 heavy (non-hydrogen) atoms. The van der Waals surface area contributed by atoms with Crippen molar-refractivity contribution in [3.8, 4) is 6.07 Å². The summed E-state index contributed by atoms with van der Waals surface area (Å²) in [4.78, 5) is 0. The van der Waals surface area contributed by atoms with Crippen molar-refractivity contribution in [3.63, 3.8) is 0 Å². The highest BCUT2D eigenvalue weighted by atomic mass is 14.9. The minimum absolute atomic E-state index is 0.684. The summed E-state index contributed by atoms with van der Waals surface area (Å²) in [5.74, 6) is 0. The molecule has 0 unspecified atom stereocenters. The van der Waals surface area contributed by atoms with Gasteiger partial charge in [0.1, 0.15) is 0 Å². The summed E-state index contributed by atoms with van der Waals surface area (Å²) >= 11 is 0. The van der Waals surface area contributed by atoms with E-state index in [1.54, 1.807) is 0 Å². The number of aryl methyl sites for hydroxylation is 1. The Morgan fingerprint density at radius 3 is 3.00 bits per heavy atom. The van der Waals surface area contributed by atoms with Gasteiger partial charge in [0.05, 0.1) is 11.6 Å². The molecule has 2 aromatic carbocycles. The van der Waals surface area contributed by atoms with Crippen LogP contribution in [0.3, 0.4) is 0 Å². The largest absolute Gasteiger partial charge is 0.385 e. The highest BCUT2D eigenvalue weighted by Crippen LogP contribution is 2.26. The van der Waals surface area contributed by atoms with Crippen molar-refractivity contribution in [1.82, 2.24) is 0 Å². The van der Waals surface area contributed by atoms with E-state index in [1.165, 1.54) is 23.2 Å². The van der Waals surface area contributed by atoms with Gasteiger partial charge >= 0.3 is 0 Å². The molecule has 1 aliphatic rings. The van der Waals surface area contributed by atoms with Crippen LogP contribution in [0, 0.1) is 11.3 Å². The zero-order valence-corrected chi connectivity index (χ0v) is 11.3. The van der Waals surface area contributed by atoms with Crippen molar-refractivity contribution >= 4 is 11.4 Å². The average molecular weight is 263 g/mol. The monoisotopic (exact) mass is 263 g/mol. The van der Waals surface area contributed by atoms with Crippen molar-refractivity contribution in [3.05, 3.63) is 59.2 Å². The van der Waals surface area contributed by atoms with Crippen LogP contribution in [0.2, 0.25) is 0 Å². The predicted molar refractivity (Wildman–Crippen MR) is 81.7 cm³/mol. The maximum absolute atomic E-state index is 8.92. The van der Waals surface area contributed by atoms with Gasteiger partial charge in [0.15, 0.2) is 0 Å². The molecule has 1 aliphatic heterocycles. The van der Waals surface area contributed by atoms with Crippen molar-refractivity contribution in [2.24, 2.45) is 0 Å². The van der Waals surface area contributed by atoms with Gasteiger partial charge in [-0.15, -0.1) is 0 Å². The third-order valence-corrected chi connectivity index (χ3v) is 3.64. The maximum Gasteiger partial charge on any atom is 0.0992 e. The molecule has 2 N–H and O–H groups in total. The Kier molecular flexibility index (Phi) is 3.56. The molecule has 0 saturated carbocycles. The average Bonchev–Trinajstić information content (AvgIpc) is 2.53. The summed E-state index contributed by atoms with van der Waals surface area (Å²) in [6, 6.07) is 16.2. The number of rotatable bonds is 3. The molecule has 0 bridgehead atoms. The predicted octanol–water partition coefficient (Wildman–Crippen LogP) is 3.53. The lowest BCUT2D eigenvalue weighted by molar-refractivity contribution is 0.825. The van der Waals surface area contributed by atoms with Crippen LogP contribution in [0.1, 0.15) is 23.1 Å². The molecule has 3 heteroatoms. The molecule has 0 aliphatic carbocycles. The van der Waals surface area contributed by atoms with E-state index in [-0.39, 0.29) is 0 Å². The zero-order chi connectivity index (χ0) is 13.8. The van der Waals surface area contributed by atoms with Gasteiger partial charge in [0, 0.05) is 24.5 Å². The zero-order valence-electron chi connectivity index (χ0n) is 11.3. The topological polar surface area (TPSA) is 47.9 Å². The maximum atomic E-state index is 8.92. The molecule has 0 amide bonds. The first-order valence-electron chi connectivity index (χ1n) is 6.95. The fraction of sp³-hybridized carbons (Fsp3) is 0.235. The van der Waals surface area contributed by atoms with Crippen LogP contribution in [0.25, 0.3) is 0 Å². The normalized spacial score (nSPS) is 12.9. The molecule has 0 atom stereocenters. The number of nitrogens with one attached hydrogen (secondary N) is 2. The highest BCUT2D eigenvalue weighted by Gasteiger charge is 2.11. The summed E-state index contributed by atoms with van der Waals surface area (Å²) in [5, 5.41) is 15.8. The number of para-hydroxylation sites is 1. The van der Waals surface area contributed by atoms with E-state index in [0.29, 0.717) is 5.56 Å². The number of nitrogens with zero attached hydrogens (tertiary/aromatic N) is 1. The van der Waals surface area contributed by atoms with Gasteiger partial charge in [0.2, 0.25) is 0 Å². The third kappa shape index (κ3) is 2.60. The lowest BCUT2D eigenvalue weighted by Gasteiger charge is -2.21. The number of benzene rings is 2. The first kappa shape index (κ1) is 12.6. The molecule has 0 spiro atoms. The molecule has 100 valence electrons. The minimum atomic E-state index is 0.684. The van der Waals surface area contributed by atoms with Crippen molar-refractivity contribution in [2.45, 2.75) is 19.4 Å². The Morgan fingerprint density at radius 2 is 2.10 bits per heavy atom. The number of hydrogen-bond acceptors (Lipinski definition) is 3. The summed E-state index contributed by atoms with van der Waals surface area (Å²) in [6.07, 6.45) is 2.36. The molecule has 0 radical (unpaired) electrons. The lowest BCUT2D eigenvalue weighted by atomic mass is 9.99. The van der Waals surface area contributed by atoms with Gasteiger partial charge in [0.25, 0.3) is 0 Å². The van der Waals surface area contributed by atoms with Crippen molar-refractivity contribution in [2.75, 3.05) is 17.2 Å². The van der Waals surface area contributed by atoms with Crippen LogP contribution in [0.4, 0.5) is 11.4 Å². The molecule has 0 fully saturated rings. The van der Waals surface area contributed by atoms with Gasteiger partial charge in [-0.25, -0.2) is 0 Å². The smallest absolute Gasteiger partial charge is 0.0992 e. The Morgan fingerprint density at radius 1 is 1.20 bits per heavy atom. The summed E-state index contributed by atoms with van der Waals surface area (Å²) in [7, 11) is 0. The van der Waals surface area contributed by atoms with Gasteiger partial charge < -0.3 is 10.6 Å². The molecule has 2 aromatic rings. The van der Waals surface area contributed by atoms with Crippen LogP contribution in [0.5, 0.6) is 0 Å². The van der Waals surface area contributed by atoms with Crippen LogP contribution < -0.4 is 10.6 Å². The second kappa shape index (κ2) is 5.66. The van der Waals surface area contributed by atoms with E-state index in [9.17, 15) is 0 Å². The van der Waals surface area contributed by atoms with Gasteiger partial charge in [-0.3, -0.25) is 0 Å². The molecular weight excluding hydrogens is 246 g/mol. The van der Waals surface area contributed by atoms with E-state index >= 15 is 0 Å². The molecular formula is C17H17N3.